The second-order valence-electron chi connectivity index (χ2n) is 6.09. The second-order valence-corrected chi connectivity index (χ2v) is 6.93. The molecule has 2 aromatic rings. The van der Waals surface area contributed by atoms with Crippen molar-refractivity contribution in [3.8, 4) is 17.1 Å². The van der Waals surface area contributed by atoms with Crippen LogP contribution in [0, 0.1) is 13.8 Å². The van der Waals surface area contributed by atoms with E-state index in [-0.39, 0.29) is 6.10 Å². The van der Waals surface area contributed by atoms with Crippen LogP contribution in [-0.2, 0) is 0 Å². The summed E-state index contributed by atoms with van der Waals surface area (Å²) in [6, 6.07) is 5.38. The third kappa shape index (κ3) is 5.06. The van der Waals surface area contributed by atoms with Crippen LogP contribution in [0.2, 0.25) is 10.0 Å². The molecule has 0 bridgehead atoms. The molecule has 1 heterocycles. The Morgan fingerprint density at radius 1 is 1.08 bits per heavy atom. The van der Waals surface area contributed by atoms with Gasteiger partial charge in [0.15, 0.2) is 0 Å². The third-order valence-corrected chi connectivity index (χ3v) is 4.66. The Kier molecular flexibility index (Phi) is 7.05. The molecule has 0 saturated heterocycles. The molecule has 1 atom stereocenters. The van der Waals surface area contributed by atoms with Gasteiger partial charge in [-0.25, -0.2) is 9.97 Å². The fraction of sp³-hybridized carbons (Fsp3) is 0.474. The van der Waals surface area contributed by atoms with Crippen molar-refractivity contribution in [2.24, 2.45) is 0 Å². The lowest BCUT2D eigenvalue weighted by Crippen LogP contribution is -2.34. The fourth-order valence-electron chi connectivity index (χ4n) is 2.70. The first-order chi connectivity index (χ1) is 11.8. The average Bonchev–Trinajstić information content (AvgIpc) is 2.56. The van der Waals surface area contributed by atoms with Gasteiger partial charge in [0.05, 0.1) is 16.4 Å². The summed E-state index contributed by atoms with van der Waals surface area (Å²) in [7, 11) is 0. The molecule has 6 heteroatoms. The highest BCUT2D eigenvalue weighted by Gasteiger charge is 2.16. The molecule has 1 aromatic heterocycles. The molecule has 0 radical (unpaired) electrons. The summed E-state index contributed by atoms with van der Waals surface area (Å²) in [6.45, 7) is 13.0. The summed E-state index contributed by atoms with van der Waals surface area (Å²) in [5.41, 5.74) is 3.10. The summed E-state index contributed by atoms with van der Waals surface area (Å²) >= 11 is 12.3. The molecule has 1 aromatic carbocycles. The van der Waals surface area contributed by atoms with E-state index >= 15 is 0 Å². The van der Waals surface area contributed by atoms with Crippen LogP contribution in [0.15, 0.2) is 18.2 Å². The zero-order valence-electron chi connectivity index (χ0n) is 15.4. The van der Waals surface area contributed by atoms with Crippen molar-refractivity contribution in [3.63, 3.8) is 0 Å². The molecule has 136 valence electrons. The SMILES string of the molecule is CCN(CC)CC(C)Oc1nc(C)c(-c2ccc(Cl)cc2Cl)nc1C. The standard InChI is InChI=1S/C19H25Cl2N3O/c1-6-24(7-2)11-12(3)25-19-14(5)22-18(13(4)23-19)16-9-8-15(20)10-17(16)21/h8-10,12H,6-7,11H2,1-5H3. The summed E-state index contributed by atoms with van der Waals surface area (Å²) in [6.07, 6.45) is 0.0391. The summed E-state index contributed by atoms with van der Waals surface area (Å²) in [5.74, 6) is 0.575. The van der Waals surface area contributed by atoms with E-state index < -0.39 is 0 Å². The third-order valence-electron chi connectivity index (χ3n) is 4.11. The molecular weight excluding hydrogens is 357 g/mol. The van der Waals surface area contributed by atoms with Gasteiger partial charge in [0.1, 0.15) is 11.8 Å². The summed E-state index contributed by atoms with van der Waals surface area (Å²) in [4.78, 5) is 11.6. The van der Waals surface area contributed by atoms with Crippen molar-refractivity contribution in [2.45, 2.75) is 40.7 Å². The van der Waals surface area contributed by atoms with Crippen LogP contribution in [0.5, 0.6) is 5.88 Å². The van der Waals surface area contributed by atoms with Crippen molar-refractivity contribution in [1.82, 2.24) is 14.9 Å². The molecule has 0 amide bonds. The topological polar surface area (TPSA) is 38.2 Å². The Morgan fingerprint density at radius 2 is 1.76 bits per heavy atom. The zero-order chi connectivity index (χ0) is 18.6. The van der Waals surface area contributed by atoms with Crippen LogP contribution in [-0.4, -0.2) is 40.6 Å². The zero-order valence-corrected chi connectivity index (χ0v) is 16.9. The minimum atomic E-state index is 0.0391. The van der Waals surface area contributed by atoms with E-state index in [9.17, 15) is 0 Å². The first-order valence-electron chi connectivity index (χ1n) is 8.55. The summed E-state index contributed by atoms with van der Waals surface area (Å²) in [5, 5.41) is 1.16. The molecule has 0 fully saturated rings. The largest absolute Gasteiger partial charge is 0.472 e. The van der Waals surface area contributed by atoms with Crippen LogP contribution in [0.25, 0.3) is 11.3 Å². The number of likely N-dealkylation sites (N-methyl/N-ethyl adjacent to an activating group) is 1. The maximum atomic E-state index is 6.31. The predicted octanol–water partition coefficient (Wildman–Crippen LogP) is 5.18. The van der Waals surface area contributed by atoms with Crippen LogP contribution in [0.4, 0.5) is 0 Å². The average molecular weight is 382 g/mol. The number of aryl methyl sites for hydroxylation is 2. The highest BCUT2D eigenvalue weighted by molar-refractivity contribution is 6.36. The van der Waals surface area contributed by atoms with Gasteiger partial charge >= 0.3 is 0 Å². The van der Waals surface area contributed by atoms with E-state index in [1.165, 1.54) is 0 Å². The molecule has 0 aliphatic heterocycles. The van der Waals surface area contributed by atoms with E-state index in [0.29, 0.717) is 15.9 Å². The van der Waals surface area contributed by atoms with E-state index in [2.05, 4.69) is 35.6 Å². The maximum absolute atomic E-state index is 6.31. The first kappa shape index (κ1) is 20.0. The predicted molar refractivity (Wildman–Crippen MR) is 105 cm³/mol. The lowest BCUT2D eigenvalue weighted by atomic mass is 10.1. The fourth-order valence-corrected chi connectivity index (χ4v) is 3.20. The van der Waals surface area contributed by atoms with Gasteiger partial charge < -0.3 is 9.64 Å². The molecule has 1 unspecified atom stereocenters. The number of rotatable bonds is 7. The Bertz CT molecular complexity index is 733. The van der Waals surface area contributed by atoms with Gasteiger partial charge in [0.25, 0.3) is 0 Å². The summed E-state index contributed by atoms with van der Waals surface area (Å²) < 4.78 is 6.03. The molecule has 2 rings (SSSR count). The van der Waals surface area contributed by atoms with Crippen LogP contribution >= 0.6 is 23.2 Å². The van der Waals surface area contributed by atoms with Crippen molar-refractivity contribution < 1.29 is 4.74 Å². The van der Waals surface area contributed by atoms with Crippen molar-refractivity contribution >= 4 is 23.2 Å². The number of benzene rings is 1. The lowest BCUT2D eigenvalue weighted by molar-refractivity contribution is 0.146. The van der Waals surface area contributed by atoms with Gasteiger partial charge in [-0.3, -0.25) is 0 Å². The quantitative estimate of drug-likeness (QED) is 0.662. The molecule has 4 nitrogen and oxygen atoms in total. The van der Waals surface area contributed by atoms with Crippen molar-refractivity contribution in [2.75, 3.05) is 19.6 Å². The van der Waals surface area contributed by atoms with Crippen molar-refractivity contribution in [3.05, 3.63) is 39.6 Å². The van der Waals surface area contributed by atoms with Gasteiger partial charge in [-0.15, -0.1) is 0 Å². The number of halogens is 2. The van der Waals surface area contributed by atoms with Gasteiger partial charge in [0, 0.05) is 17.1 Å². The molecular formula is C19H25Cl2N3O. The second kappa shape index (κ2) is 8.84. The highest BCUT2D eigenvalue weighted by atomic mass is 35.5. The van der Waals surface area contributed by atoms with Crippen LogP contribution in [0.1, 0.15) is 32.2 Å². The number of hydrogen-bond donors (Lipinski definition) is 0. The number of hydrogen-bond acceptors (Lipinski definition) is 4. The molecule has 0 N–H and O–H groups in total. The van der Waals surface area contributed by atoms with E-state index in [4.69, 9.17) is 27.9 Å². The Labute approximate surface area is 160 Å². The molecule has 0 aliphatic rings. The first-order valence-corrected chi connectivity index (χ1v) is 9.30. The Morgan fingerprint density at radius 3 is 2.36 bits per heavy atom. The number of ether oxygens (including phenoxy) is 1. The van der Waals surface area contributed by atoms with Gasteiger partial charge in [-0.2, -0.15) is 0 Å². The Balaban J connectivity index is 2.25. The molecule has 0 saturated carbocycles. The van der Waals surface area contributed by atoms with Gasteiger partial charge in [-0.1, -0.05) is 37.0 Å². The lowest BCUT2D eigenvalue weighted by Gasteiger charge is -2.23. The van der Waals surface area contributed by atoms with Crippen LogP contribution in [0.3, 0.4) is 0 Å². The molecule has 25 heavy (non-hydrogen) atoms. The molecule has 0 spiro atoms. The minimum absolute atomic E-state index is 0.0391. The van der Waals surface area contributed by atoms with E-state index in [1.807, 2.05) is 19.9 Å². The van der Waals surface area contributed by atoms with E-state index in [1.54, 1.807) is 12.1 Å². The maximum Gasteiger partial charge on any atom is 0.235 e. The minimum Gasteiger partial charge on any atom is -0.472 e. The monoisotopic (exact) mass is 381 g/mol. The normalized spacial score (nSPS) is 12.5. The molecule has 0 aliphatic carbocycles. The van der Waals surface area contributed by atoms with Gasteiger partial charge in [-0.05, 0) is 52.1 Å². The van der Waals surface area contributed by atoms with E-state index in [0.717, 1.165) is 42.3 Å². The number of nitrogens with zero attached hydrogens (tertiary/aromatic N) is 3. The van der Waals surface area contributed by atoms with Crippen LogP contribution < -0.4 is 4.74 Å². The number of aromatic nitrogens is 2. The Hall–Kier alpha value is -1.36. The smallest absolute Gasteiger partial charge is 0.235 e. The van der Waals surface area contributed by atoms with Crippen molar-refractivity contribution in [1.29, 1.82) is 0 Å². The van der Waals surface area contributed by atoms with Gasteiger partial charge in [0.2, 0.25) is 5.88 Å². The highest BCUT2D eigenvalue weighted by Crippen LogP contribution is 2.32.